The van der Waals surface area contributed by atoms with Gasteiger partial charge in [0.2, 0.25) is 0 Å². The van der Waals surface area contributed by atoms with Gasteiger partial charge in [0.05, 0.1) is 6.10 Å². The molecule has 76 valence electrons. The lowest BCUT2D eigenvalue weighted by molar-refractivity contribution is 0.155. The Balaban J connectivity index is 2.37. The van der Waals surface area contributed by atoms with Crippen LogP contribution in [0.3, 0.4) is 0 Å². The fourth-order valence-corrected chi connectivity index (χ4v) is 1.54. The zero-order valence-electron chi connectivity index (χ0n) is 8.12. The molecule has 4 heteroatoms. The molecule has 2 N–H and O–H groups in total. The number of likely N-dealkylation sites (tertiary alicyclic amines) is 1. The molecule has 2 amide bonds. The van der Waals surface area contributed by atoms with Crippen LogP contribution >= 0.6 is 0 Å². The molecule has 0 saturated carbocycles. The highest BCUT2D eigenvalue weighted by Gasteiger charge is 2.18. The summed E-state index contributed by atoms with van der Waals surface area (Å²) in [6.07, 6.45) is 2.20. The molecule has 0 radical (unpaired) electrons. The largest absolute Gasteiger partial charge is 0.393 e. The smallest absolute Gasteiger partial charge is 0.317 e. The Morgan fingerprint density at radius 1 is 1.54 bits per heavy atom. The van der Waals surface area contributed by atoms with E-state index >= 15 is 0 Å². The number of urea groups is 1. The molecule has 1 unspecified atom stereocenters. The van der Waals surface area contributed by atoms with Gasteiger partial charge in [-0.2, -0.15) is 0 Å². The van der Waals surface area contributed by atoms with Gasteiger partial charge in [0.15, 0.2) is 0 Å². The monoisotopic (exact) mass is 186 g/mol. The van der Waals surface area contributed by atoms with Gasteiger partial charge in [-0.25, -0.2) is 4.79 Å². The highest BCUT2D eigenvalue weighted by Crippen LogP contribution is 2.10. The fraction of sp³-hybridized carbons (Fsp3) is 0.889. The Labute approximate surface area is 78.9 Å². The number of nitrogens with zero attached hydrogens (tertiary/aromatic N) is 1. The summed E-state index contributed by atoms with van der Waals surface area (Å²) in [4.78, 5) is 13.2. The predicted molar refractivity (Wildman–Crippen MR) is 50.5 cm³/mol. The Morgan fingerprint density at radius 3 is 3.00 bits per heavy atom. The van der Waals surface area contributed by atoms with Gasteiger partial charge in [-0.3, -0.25) is 0 Å². The summed E-state index contributed by atoms with van der Waals surface area (Å²) in [5.41, 5.74) is 0. The molecule has 1 heterocycles. The standard InChI is InChI=1S/C9H18N2O2/c1-2-10-9(13)11-6-3-4-8(12)5-7-11/h8,12H,2-7H2,1H3,(H,10,13). The SMILES string of the molecule is CCNC(=O)N1CCCC(O)CC1. The Kier molecular flexibility index (Phi) is 4.02. The van der Waals surface area contributed by atoms with Crippen LogP contribution in [0.15, 0.2) is 0 Å². The van der Waals surface area contributed by atoms with Gasteiger partial charge in [-0.1, -0.05) is 0 Å². The minimum atomic E-state index is -0.223. The maximum absolute atomic E-state index is 11.4. The van der Waals surface area contributed by atoms with Gasteiger partial charge in [-0.05, 0) is 26.2 Å². The van der Waals surface area contributed by atoms with Crippen LogP contribution in [0.5, 0.6) is 0 Å². The Bertz CT molecular complexity index is 173. The van der Waals surface area contributed by atoms with Crippen LogP contribution in [-0.4, -0.2) is 41.8 Å². The van der Waals surface area contributed by atoms with Crippen LogP contribution < -0.4 is 5.32 Å². The van der Waals surface area contributed by atoms with Crippen LogP contribution in [0.4, 0.5) is 4.79 Å². The van der Waals surface area contributed by atoms with Crippen LogP contribution in [0.2, 0.25) is 0 Å². The van der Waals surface area contributed by atoms with Crippen molar-refractivity contribution in [2.75, 3.05) is 19.6 Å². The number of hydrogen-bond acceptors (Lipinski definition) is 2. The van der Waals surface area contributed by atoms with Crippen LogP contribution in [0.25, 0.3) is 0 Å². The summed E-state index contributed by atoms with van der Waals surface area (Å²) in [5, 5.41) is 12.1. The van der Waals surface area contributed by atoms with E-state index in [1.807, 2.05) is 6.92 Å². The van der Waals surface area contributed by atoms with Gasteiger partial charge in [0, 0.05) is 19.6 Å². The van der Waals surface area contributed by atoms with Crippen molar-refractivity contribution in [3.63, 3.8) is 0 Å². The van der Waals surface area contributed by atoms with E-state index in [1.165, 1.54) is 0 Å². The van der Waals surface area contributed by atoms with E-state index < -0.39 is 0 Å². The number of aliphatic hydroxyl groups is 1. The average Bonchev–Trinajstić information content (AvgIpc) is 2.30. The first-order valence-electron chi connectivity index (χ1n) is 4.95. The molecular weight excluding hydrogens is 168 g/mol. The first-order valence-corrected chi connectivity index (χ1v) is 4.95. The normalized spacial score (nSPS) is 23.8. The summed E-state index contributed by atoms with van der Waals surface area (Å²) in [6.45, 7) is 4.01. The molecule has 0 aromatic rings. The molecule has 0 aliphatic carbocycles. The average molecular weight is 186 g/mol. The summed E-state index contributed by atoms with van der Waals surface area (Å²) < 4.78 is 0. The number of hydrogen-bond donors (Lipinski definition) is 2. The summed E-state index contributed by atoms with van der Waals surface area (Å²) in [7, 11) is 0. The molecule has 0 spiro atoms. The van der Waals surface area contributed by atoms with Crippen molar-refractivity contribution in [1.29, 1.82) is 0 Å². The van der Waals surface area contributed by atoms with Crippen molar-refractivity contribution in [2.45, 2.75) is 32.3 Å². The Hall–Kier alpha value is -0.770. The van der Waals surface area contributed by atoms with E-state index in [1.54, 1.807) is 4.90 Å². The third-order valence-electron chi connectivity index (χ3n) is 2.31. The van der Waals surface area contributed by atoms with Crippen molar-refractivity contribution in [1.82, 2.24) is 10.2 Å². The Morgan fingerprint density at radius 2 is 2.31 bits per heavy atom. The maximum atomic E-state index is 11.4. The molecule has 0 bridgehead atoms. The molecular formula is C9H18N2O2. The second kappa shape index (κ2) is 5.07. The lowest BCUT2D eigenvalue weighted by atomic mass is 10.2. The maximum Gasteiger partial charge on any atom is 0.317 e. The quantitative estimate of drug-likeness (QED) is 0.628. The lowest BCUT2D eigenvalue weighted by Crippen LogP contribution is -2.40. The zero-order chi connectivity index (χ0) is 9.68. The van der Waals surface area contributed by atoms with E-state index in [0.717, 1.165) is 19.4 Å². The van der Waals surface area contributed by atoms with Crippen molar-refractivity contribution >= 4 is 6.03 Å². The molecule has 0 aromatic heterocycles. The van der Waals surface area contributed by atoms with E-state index in [9.17, 15) is 9.90 Å². The van der Waals surface area contributed by atoms with E-state index in [4.69, 9.17) is 0 Å². The summed E-state index contributed by atoms with van der Waals surface area (Å²) in [6, 6.07) is -0.00315. The van der Waals surface area contributed by atoms with Crippen molar-refractivity contribution in [3.05, 3.63) is 0 Å². The number of rotatable bonds is 1. The minimum Gasteiger partial charge on any atom is -0.393 e. The molecule has 1 aliphatic rings. The molecule has 1 saturated heterocycles. The molecule has 1 rings (SSSR count). The van der Waals surface area contributed by atoms with Gasteiger partial charge < -0.3 is 15.3 Å². The van der Waals surface area contributed by atoms with E-state index in [2.05, 4.69) is 5.32 Å². The first kappa shape index (κ1) is 10.3. The number of nitrogens with one attached hydrogen (secondary N) is 1. The molecule has 1 atom stereocenters. The highest BCUT2D eigenvalue weighted by atomic mass is 16.3. The lowest BCUT2D eigenvalue weighted by Gasteiger charge is -2.20. The third kappa shape index (κ3) is 3.22. The number of carbonyl (C=O) groups is 1. The molecule has 13 heavy (non-hydrogen) atoms. The molecule has 1 aliphatic heterocycles. The second-order valence-corrected chi connectivity index (χ2v) is 3.41. The van der Waals surface area contributed by atoms with Crippen molar-refractivity contribution < 1.29 is 9.90 Å². The van der Waals surface area contributed by atoms with Gasteiger partial charge >= 0.3 is 6.03 Å². The predicted octanol–water partition coefficient (Wildman–Crippen LogP) is 0.563. The number of amides is 2. The van der Waals surface area contributed by atoms with Gasteiger partial charge in [-0.15, -0.1) is 0 Å². The molecule has 1 fully saturated rings. The van der Waals surface area contributed by atoms with E-state index in [-0.39, 0.29) is 12.1 Å². The van der Waals surface area contributed by atoms with E-state index in [0.29, 0.717) is 19.5 Å². The van der Waals surface area contributed by atoms with Crippen molar-refractivity contribution in [2.24, 2.45) is 0 Å². The first-order chi connectivity index (χ1) is 6.24. The summed E-state index contributed by atoms with van der Waals surface area (Å²) in [5.74, 6) is 0. The van der Waals surface area contributed by atoms with Crippen LogP contribution in [0, 0.1) is 0 Å². The molecule has 0 aromatic carbocycles. The number of carbonyl (C=O) groups excluding carboxylic acids is 1. The fourth-order valence-electron chi connectivity index (χ4n) is 1.54. The molecule has 4 nitrogen and oxygen atoms in total. The van der Waals surface area contributed by atoms with Gasteiger partial charge in [0.25, 0.3) is 0 Å². The van der Waals surface area contributed by atoms with Gasteiger partial charge in [0.1, 0.15) is 0 Å². The second-order valence-electron chi connectivity index (χ2n) is 3.41. The minimum absolute atomic E-state index is 0.00315. The topological polar surface area (TPSA) is 52.6 Å². The highest BCUT2D eigenvalue weighted by molar-refractivity contribution is 5.74. The zero-order valence-corrected chi connectivity index (χ0v) is 8.12. The number of aliphatic hydroxyl groups excluding tert-OH is 1. The summed E-state index contributed by atoms with van der Waals surface area (Å²) >= 11 is 0. The van der Waals surface area contributed by atoms with Crippen LogP contribution in [0.1, 0.15) is 26.2 Å². The van der Waals surface area contributed by atoms with Crippen molar-refractivity contribution in [3.8, 4) is 0 Å². The van der Waals surface area contributed by atoms with Crippen LogP contribution in [-0.2, 0) is 0 Å². The third-order valence-corrected chi connectivity index (χ3v) is 2.31.